The number of benzene rings is 2. The number of carbonyl (C=O) groups excluding carboxylic acids is 1. The third-order valence-corrected chi connectivity index (χ3v) is 6.37. The summed E-state index contributed by atoms with van der Waals surface area (Å²) < 4.78 is 41.3. The Bertz CT molecular complexity index is 939. The predicted molar refractivity (Wildman–Crippen MR) is 106 cm³/mol. The van der Waals surface area contributed by atoms with E-state index in [0.717, 1.165) is 5.56 Å². The van der Waals surface area contributed by atoms with E-state index in [4.69, 9.17) is 0 Å². The molecule has 6 nitrogen and oxygen atoms in total. The van der Waals surface area contributed by atoms with Gasteiger partial charge in [0.2, 0.25) is 15.9 Å². The number of nitrogens with one attached hydrogen (secondary N) is 1. The average molecular weight is 405 g/mol. The second-order valence-corrected chi connectivity index (χ2v) is 8.63. The minimum Gasteiger partial charge on any atom is -0.366 e. The van der Waals surface area contributed by atoms with Crippen LogP contribution in [0.15, 0.2) is 53.4 Å². The molecule has 150 valence electrons. The van der Waals surface area contributed by atoms with Gasteiger partial charge in [0.25, 0.3) is 0 Å². The van der Waals surface area contributed by atoms with Crippen LogP contribution in [0.1, 0.15) is 12.5 Å². The van der Waals surface area contributed by atoms with E-state index in [2.05, 4.69) is 4.72 Å². The molecule has 0 saturated carbocycles. The van der Waals surface area contributed by atoms with E-state index in [9.17, 15) is 17.6 Å². The maximum atomic E-state index is 13.9. The van der Waals surface area contributed by atoms with Gasteiger partial charge in [0, 0.05) is 26.2 Å². The summed E-state index contributed by atoms with van der Waals surface area (Å²) in [6, 6.07) is 12.1. The Morgan fingerprint density at radius 2 is 1.64 bits per heavy atom. The molecule has 1 atom stereocenters. The zero-order valence-corrected chi connectivity index (χ0v) is 16.7. The van der Waals surface area contributed by atoms with E-state index in [1.165, 1.54) is 25.1 Å². The normalized spacial score (nSPS) is 16.1. The number of carbonyl (C=O) groups is 1. The molecule has 1 fully saturated rings. The van der Waals surface area contributed by atoms with Gasteiger partial charge in [-0.15, -0.1) is 0 Å². The molecule has 2 aromatic carbocycles. The first-order valence-electron chi connectivity index (χ1n) is 9.15. The van der Waals surface area contributed by atoms with Gasteiger partial charge in [-0.3, -0.25) is 4.79 Å². The molecular formula is C20H24FN3O3S. The van der Waals surface area contributed by atoms with Crippen LogP contribution in [0.25, 0.3) is 0 Å². The van der Waals surface area contributed by atoms with Crippen LogP contribution in [0.5, 0.6) is 0 Å². The Hall–Kier alpha value is -2.45. The van der Waals surface area contributed by atoms with Crippen LogP contribution in [0.3, 0.4) is 0 Å². The fourth-order valence-electron chi connectivity index (χ4n) is 3.22. The molecule has 28 heavy (non-hydrogen) atoms. The van der Waals surface area contributed by atoms with Crippen molar-refractivity contribution in [3.63, 3.8) is 0 Å². The number of nitrogens with zero attached hydrogens (tertiary/aromatic N) is 2. The first-order valence-corrected chi connectivity index (χ1v) is 10.6. The molecular weight excluding hydrogens is 381 g/mol. The van der Waals surface area contributed by atoms with E-state index >= 15 is 0 Å². The van der Waals surface area contributed by atoms with Gasteiger partial charge in [-0.05, 0) is 38.1 Å². The third-order valence-electron chi connectivity index (χ3n) is 4.82. The molecule has 0 spiro atoms. The van der Waals surface area contributed by atoms with Gasteiger partial charge in [0.15, 0.2) is 0 Å². The summed E-state index contributed by atoms with van der Waals surface area (Å²) in [7, 11) is -3.78. The number of hydrogen-bond donors (Lipinski definition) is 1. The number of sulfonamides is 1. The summed E-state index contributed by atoms with van der Waals surface area (Å²) >= 11 is 0. The number of anilines is 1. The van der Waals surface area contributed by atoms with Crippen LogP contribution in [-0.2, 0) is 14.8 Å². The highest BCUT2D eigenvalue weighted by Gasteiger charge is 2.28. The van der Waals surface area contributed by atoms with E-state index in [1.54, 1.807) is 35.2 Å². The molecule has 0 aliphatic carbocycles. The van der Waals surface area contributed by atoms with Gasteiger partial charge >= 0.3 is 0 Å². The Labute approximate surface area is 165 Å². The van der Waals surface area contributed by atoms with Crippen molar-refractivity contribution in [3.05, 3.63) is 59.9 Å². The van der Waals surface area contributed by atoms with Crippen molar-refractivity contribution in [1.29, 1.82) is 0 Å². The molecule has 0 bridgehead atoms. The quantitative estimate of drug-likeness (QED) is 0.828. The van der Waals surface area contributed by atoms with Crippen molar-refractivity contribution >= 4 is 21.6 Å². The number of piperazine rings is 1. The smallest absolute Gasteiger partial charge is 0.241 e. The van der Waals surface area contributed by atoms with Crippen molar-refractivity contribution in [2.45, 2.75) is 24.8 Å². The van der Waals surface area contributed by atoms with Gasteiger partial charge in [-0.2, -0.15) is 4.72 Å². The topological polar surface area (TPSA) is 69.7 Å². The number of para-hydroxylation sites is 1. The molecule has 1 aliphatic heterocycles. The van der Waals surface area contributed by atoms with E-state index in [-0.39, 0.29) is 16.6 Å². The molecule has 8 heteroatoms. The molecule has 1 amide bonds. The van der Waals surface area contributed by atoms with Crippen LogP contribution in [0, 0.1) is 12.7 Å². The first kappa shape index (κ1) is 20.3. The fraction of sp³-hybridized carbons (Fsp3) is 0.350. The van der Waals surface area contributed by atoms with Gasteiger partial charge in [0.05, 0.1) is 16.6 Å². The highest BCUT2D eigenvalue weighted by Crippen LogP contribution is 2.20. The SMILES string of the molecule is Cc1ccc(S(=O)(=O)NC(C)C(=O)N2CCN(c3ccccc3F)CC2)cc1. The standard InChI is InChI=1S/C20H24FN3O3S/c1-15-7-9-17(10-8-15)28(26,27)22-16(2)20(25)24-13-11-23(12-14-24)19-6-4-3-5-18(19)21/h3-10,16,22H,11-14H2,1-2H3. The lowest BCUT2D eigenvalue weighted by Gasteiger charge is -2.37. The third kappa shape index (κ3) is 4.51. The van der Waals surface area contributed by atoms with Gasteiger partial charge in [0.1, 0.15) is 5.82 Å². The van der Waals surface area contributed by atoms with Crippen LogP contribution in [-0.4, -0.2) is 51.4 Å². The zero-order chi connectivity index (χ0) is 20.3. The second-order valence-electron chi connectivity index (χ2n) is 6.92. The van der Waals surface area contributed by atoms with Crippen LogP contribution in [0.2, 0.25) is 0 Å². The molecule has 3 rings (SSSR count). The van der Waals surface area contributed by atoms with Crippen molar-refractivity contribution in [3.8, 4) is 0 Å². The zero-order valence-electron chi connectivity index (χ0n) is 15.9. The molecule has 1 saturated heterocycles. The van der Waals surface area contributed by atoms with Gasteiger partial charge < -0.3 is 9.80 Å². The molecule has 0 aromatic heterocycles. The van der Waals surface area contributed by atoms with Gasteiger partial charge in [-0.25, -0.2) is 12.8 Å². The Morgan fingerprint density at radius 3 is 2.25 bits per heavy atom. The second kappa shape index (κ2) is 8.28. The van der Waals surface area contributed by atoms with Crippen molar-refractivity contribution in [2.24, 2.45) is 0 Å². The molecule has 1 heterocycles. The minimum atomic E-state index is -3.78. The summed E-state index contributed by atoms with van der Waals surface area (Å²) in [6.45, 7) is 5.20. The maximum absolute atomic E-state index is 13.9. The monoisotopic (exact) mass is 405 g/mol. The number of aryl methyl sites for hydroxylation is 1. The molecule has 0 radical (unpaired) electrons. The summed E-state index contributed by atoms with van der Waals surface area (Å²) in [6.07, 6.45) is 0. The maximum Gasteiger partial charge on any atom is 0.241 e. The number of halogens is 1. The lowest BCUT2D eigenvalue weighted by molar-refractivity contribution is -0.132. The minimum absolute atomic E-state index is 0.127. The number of hydrogen-bond acceptors (Lipinski definition) is 4. The van der Waals surface area contributed by atoms with Crippen LogP contribution < -0.4 is 9.62 Å². The highest BCUT2D eigenvalue weighted by molar-refractivity contribution is 7.89. The predicted octanol–water partition coefficient (Wildman–Crippen LogP) is 2.15. The summed E-state index contributed by atoms with van der Waals surface area (Å²) in [5.41, 5.74) is 1.47. The van der Waals surface area contributed by atoms with E-state index < -0.39 is 16.1 Å². The summed E-state index contributed by atoms with van der Waals surface area (Å²) in [5.74, 6) is -0.578. The molecule has 1 aliphatic rings. The largest absolute Gasteiger partial charge is 0.366 e. The van der Waals surface area contributed by atoms with Crippen LogP contribution in [0.4, 0.5) is 10.1 Å². The lowest BCUT2D eigenvalue weighted by Crippen LogP contribution is -2.54. The molecule has 1 N–H and O–H groups in total. The summed E-state index contributed by atoms with van der Waals surface area (Å²) in [5, 5.41) is 0. The Balaban J connectivity index is 1.60. The molecule has 2 aromatic rings. The first-order chi connectivity index (χ1) is 13.3. The number of amides is 1. The van der Waals surface area contributed by atoms with Crippen LogP contribution >= 0.6 is 0 Å². The Kier molecular flexibility index (Phi) is 6.00. The van der Waals surface area contributed by atoms with E-state index in [0.29, 0.717) is 31.9 Å². The van der Waals surface area contributed by atoms with Crippen molar-refractivity contribution in [2.75, 3.05) is 31.1 Å². The van der Waals surface area contributed by atoms with Crippen molar-refractivity contribution < 1.29 is 17.6 Å². The highest BCUT2D eigenvalue weighted by atomic mass is 32.2. The number of rotatable bonds is 5. The lowest BCUT2D eigenvalue weighted by atomic mass is 10.2. The Morgan fingerprint density at radius 1 is 1.04 bits per heavy atom. The van der Waals surface area contributed by atoms with Crippen molar-refractivity contribution in [1.82, 2.24) is 9.62 Å². The molecule has 1 unspecified atom stereocenters. The summed E-state index contributed by atoms with van der Waals surface area (Å²) in [4.78, 5) is 16.3. The van der Waals surface area contributed by atoms with Gasteiger partial charge in [-0.1, -0.05) is 29.8 Å². The fourth-order valence-corrected chi connectivity index (χ4v) is 4.42. The average Bonchev–Trinajstić information content (AvgIpc) is 2.68. The van der Waals surface area contributed by atoms with E-state index in [1.807, 2.05) is 11.8 Å².